The van der Waals surface area contributed by atoms with Gasteiger partial charge in [-0.05, 0) is 47.2 Å². The molecule has 2 heterocycles. The van der Waals surface area contributed by atoms with Crippen molar-refractivity contribution in [1.29, 1.82) is 0 Å². The zero-order valence-corrected chi connectivity index (χ0v) is 16.3. The Hall–Kier alpha value is -3.60. The number of hydrogen-bond donors (Lipinski definition) is 1. The van der Waals surface area contributed by atoms with Crippen LogP contribution in [-0.4, -0.2) is 21.6 Å². The molecule has 29 heavy (non-hydrogen) atoms. The van der Waals surface area contributed by atoms with Crippen molar-refractivity contribution in [2.24, 2.45) is 0 Å². The molecule has 5 nitrogen and oxygen atoms in total. The quantitative estimate of drug-likeness (QED) is 0.570. The van der Waals surface area contributed by atoms with Crippen LogP contribution in [0.15, 0.2) is 67.0 Å². The summed E-state index contributed by atoms with van der Waals surface area (Å²) >= 11 is 0. The van der Waals surface area contributed by atoms with Gasteiger partial charge >= 0.3 is 0 Å². The van der Waals surface area contributed by atoms with Gasteiger partial charge < -0.3 is 15.0 Å². The Morgan fingerprint density at radius 3 is 2.59 bits per heavy atom. The molecule has 0 saturated carbocycles. The molecule has 4 aromatic rings. The van der Waals surface area contributed by atoms with Crippen LogP contribution in [-0.2, 0) is 19.4 Å². The average Bonchev–Trinajstić information content (AvgIpc) is 3.13. The van der Waals surface area contributed by atoms with E-state index in [-0.39, 0.29) is 0 Å². The van der Waals surface area contributed by atoms with Gasteiger partial charge in [0, 0.05) is 24.5 Å². The molecule has 2 aromatic heterocycles. The highest BCUT2D eigenvalue weighted by atomic mass is 16.5. The molecular weight excluding hydrogens is 360 g/mol. The maximum atomic E-state index is 5.90. The fraction of sp³-hybridized carbons (Fsp3) is 0.167. The summed E-state index contributed by atoms with van der Waals surface area (Å²) in [6.45, 7) is 0.775. The van der Waals surface area contributed by atoms with Crippen LogP contribution in [0.4, 0.5) is 5.95 Å². The van der Waals surface area contributed by atoms with Gasteiger partial charge in [-0.1, -0.05) is 42.5 Å². The van der Waals surface area contributed by atoms with Gasteiger partial charge in [0.05, 0.1) is 18.5 Å². The molecule has 0 bridgehead atoms. The van der Waals surface area contributed by atoms with Gasteiger partial charge in [-0.15, -0.1) is 0 Å². The summed E-state index contributed by atoms with van der Waals surface area (Å²) in [5.41, 5.74) is 14.2. The fourth-order valence-electron chi connectivity index (χ4n) is 4.14. The third-order valence-electron chi connectivity index (χ3n) is 5.52. The van der Waals surface area contributed by atoms with Crippen LogP contribution < -0.4 is 10.5 Å². The second-order valence-electron chi connectivity index (χ2n) is 7.31. The number of fused-ring (bicyclic) bond motifs is 3. The number of nitrogens with zero attached hydrogens (tertiary/aromatic N) is 3. The fourth-order valence-corrected chi connectivity index (χ4v) is 4.14. The number of anilines is 1. The Bertz CT molecular complexity index is 1160. The highest BCUT2D eigenvalue weighted by Gasteiger charge is 2.25. The van der Waals surface area contributed by atoms with Crippen molar-refractivity contribution in [3.63, 3.8) is 0 Å². The van der Waals surface area contributed by atoms with Gasteiger partial charge in [0.2, 0.25) is 5.95 Å². The lowest BCUT2D eigenvalue weighted by atomic mass is 9.90. The molecule has 0 unspecified atom stereocenters. The smallest absolute Gasteiger partial charge is 0.220 e. The SMILES string of the molecule is COc1ccc(Cn2cc3c(c2-c2ccccc2)CCc2cnc(N)nc2-3)cc1. The zero-order chi connectivity index (χ0) is 19.8. The second-order valence-corrected chi connectivity index (χ2v) is 7.31. The molecule has 144 valence electrons. The van der Waals surface area contributed by atoms with Gasteiger partial charge in [-0.3, -0.25) is 0 Å². The number of methoxy groups -OCH3 is 1. The molecule has 1 aliphatic rings. The lowest BCUT2D eigenvalue weighted by molar-refractivity contribution is 0.414. The number of benzene rings is 2. The standard InChI is InChI=1S/C24H22N4O/c1-29-19-10-7-16(8-11-19)14-28-15-21-20(23(28)17-5-3-2-4-6-17)12-9-18-13-26-24(25)27-22(18)21/h2-8,10-11,13,15H,9,12,14H2,1H3,(H2,25,26,27). The minimum atomic E-state index is 0.320. The number of aryl methyl sites for hydroxylation is 1. The van der Waals surface area contributed by atoms with Gasteiger partial charge in [0.25, 0.3) is 0 Å². The van der Waals surface area contributed by atoms with E-state index < -0.39 is 0 Å². The van der Waals surface area contributed by atoms with E-state index >= 15 is 0 Å². The largest absolute Gasteiger partial charge is 0.497 e. The van der Waals surface area contributed by atoms with Crippen molar-refractivity contribution >= 4 is 5.95 Å². The molecule has 0 spiro atoms. The summed E-state index contributed by atoms with van der Waals surface area (Å²) in [6.07, 6.45) is 5.97. The van der Waals surface area contributed by atoms with E-state index in [0.717, 1.165) is 42.0 Å². The number of hydrogen-bond acceptors (Lipinski definition) is 4. The second kappa shape index (κ2) is 7.09. The van der Waals surface area contributed by atoms with Gasteiger partial charge in [-0.25, -0.2) is 9.97 Å². The first-order valence-corrected chi connectivity index (χ1v) is 9.75. The summed E-state index contributed by atoms with van der Waals surface area (Å²) in [6, 6.07) is 18.8. The summed E-state index contributed by atoms with van der Waals surface area (Å²) in [5.74, 6) is 1.19. The van der Waals surface area contributed by atoms with Crippen LogP contribution in [0.1, 0.15) is 16.7 Å². The minimum Gasteiger partial charge on any atom is -0.497 e. The molecule has 0 fully saturated rings. The maximum Gasteiger partial charge on any atom is 0.220 e. The maximum absolute atomic E-state index is 5.90. The Morgan fingerprint density at radius 2 is 1.83 bits per heavy atom. The minimum absolute atomic E-state index is 0.320. The van der Waals surface area contributed by atoms with Crippen LogP contribution in [0.5, 0.6) is 5.75 Å². The Kier molecular flexibility index (Phi) is 4.28. The van der Waals surface area contributed by atoms with Crippen molar-refractivity contribution in [2.45, 2.75) is 19.4 Å². The van der Waals surface area contributed by atoms with E-state index in [1.807, 2.05) is 18.3 Å². The molecule has 0 saturated heterocycles. The van der Waals surface area contributed by atoms with Crippen molar-refractivity contribution in [2.75, 3.05) is 12.8 Å². The molecule has 5 heteroatoms. The summed E-state index contributed by atoms with van der Waals surface area (Å²) in [7, 11) is 1.69. The van der Waals surface area contributed by atoms with E-state index in [0.29, 0.717) is 5.95 Å². The average molecular weight is 382 g/mol. The summed E-state index contributed by atoms with van der Waals surface area (Å²) < 4.78 is 7.62. The van der Waals surface area contributed by atoms with Crippen molar-refractivity contribution < 1.29 is 4.74 Å². The van der Waals surface area contributed by atoms with E-state index in [1.165, 1.54) is 22.4 Å². The van der Waals surface area contributed by atoms with Gasteiger partial charge in [-0.2, -0.15) is 0 Å². The van der Waals surface area contributed by atoms with Crippen LogP contribution in [0.3, 0.4) is 0 Å². The van der Waals surface area contributed by atoms with Crippen molar-refractivity contribution in [3.05, 3.63) is 83.7 Å². The Balaban J connectivity index is 1.66. The van der Waals surface area contributed by atoms with E-state index in [4.69, 9.17) is 10.5 Å². The Morgan fingerprint density at radius 1 is 1.03 bits per heavy atom. The molecule has 5 rings (SSSR count). The number of nitrogen functional groups attached to an aromatic ring is 1. The van der Waals surface area contributed by atoms with Gasteiger partial charge in [0.15, 0.2) is 0 Å². The lowest BCUT2D eigenvalue weighted by Crippen LogP contribution is -2.08. The molecule has 0 atom stereocenters. The summed E-state index contributed by atoms with van der Waals surface area (Å²) in [4.78, 5) is 8.75. The van der Waals surface area contributed by atoms with Crippen LogP contribution in [0, 0.1) is 0 Å². The molecule has 2 N–H and O–H groups in total. The molecule has 1 aliphatic carbocycles. The molecule has 0 amide bonds. The topological polar surface area (TPSA) is 66.0 Å². The van der Waals surface area contributed by atoms with Crippen LogP contribution in [0.2, 0.25) is 0 Å². The first-order valence-electron chi connectivity index (χ1n) is 9.75. The first-order chi connectivity index (χ1) is 14.2. The Labute approximate surface area is 169 Å². The molecule has 0 radical (unpaired) electrons. The number of aromatic nitrogens is 3. The predicted octanol–water partition coefficient (Wildman–Crippen LogP) is 4.35. The van der Waals surface area contributed by atoms with Crippen LogP contribution in [0.25, 0.3) is 22.5 Å². The van der Waals surface area contributed by atoms with E-state index in [2.05, 4.69) is 63.2 Å². The lowest BCUT2D eigenvalue weighted by Gasteiger charge is -2.17. The number of ether oxygens (including phenoxy) is 1. The number of nitrogens with two attached hydrogens (primary N) is 1. The normalized spacial score (nSPS) is 12.3. The van der Waals surface area contributed by atoms with E-state index in [1.54, 1.807) is 7.11 Å². The molecule has 2 aromatic carbocycles. The first kappa shape index (κ1) is 17.5. The monoisotopic (exact) mass is 382 g/mol. The van der Waals surface area contributed by atoms with Crippen molar-refractivity contribution in [3.8, 4) is 28.3 Å². The highest BCUT2D eigenvalue weighted by Crippen LogP contribution is 2.40. The molecule has 0 aliphatic heterocycles. The zero-order valence-electron chi connectivity index (χ0n) is 16.3. The van der Waals surface area contributed by atoms with Gasteiger partial charge in [0.1, 0.15) is 5.75 Å². The third-order valence-corrected chi connectivity index (χ3v) is 5.52. The third kappa shape index (κ3) is 3.14. The predicted molar refractivity (Wildman–Crippen MR) is 115 cm³/mol. The van der Waals surface area contributed by atoms with Crippen molar-refractivity contribution in [1.82, 2.24) is 14.5 Å². The summed E-state index contributed by atoms with van der Waals surface area (Å²) in [5, 5.41) is 0. The van der Waals surface area contributed by atoms with Crippen LogP contribution >= 0.6 is 0 Å². The van der Waals surface area contributed by atoms with E-state index in [9.17, 15) is 0 Å². The number of rotatable bonds is 4. The highest BCUT2D eigenvalue weighted by molar-refractivity contribution is 5.79. The molecular formula is C24H22N4O.